The number of hydrogen-bond donors (Lipinski definition) is 1. The monoisotopic (exact) mass is 401 g/mol. The molecule has 1 amide bonds. The zero-order valence-electron chi connectivity index (χ0n) is 14.4. The second-order valence-electron chi connectivity index (χ2n) is 6.29. The van der Waals surface area contributed by atoms with Crippen LogP contribution in [-0.4, -0.2) is 22.3 Å². The third-order valence-corrected chi connectivity index (χ3v) is 4.95. The molecule has 0 radical (unpaired) electrons. The largest absolute Gasteiger partial charge is 0.482 e. The third kappa shape index (κ3) is 3.80. The van der Waals surface area contributed by atoms with E-state index in [-0.39, 0.29) is 12.5 Å². The first-order valence-corrected chi connectivity index (χ1v) is 9.41. The number of rotatable bonds is 5. The maximum atomic E-state index is 12.5. The molecule has 1 aliphatic rings. The second-order valence-corrected chi connectivity index (χ2v) is 7.13. The maximum absolute atomic E-state index is 12.5. The Morgan fingerprint density at radius 1 is 1.15 bits per heavy atom. The van der Waals surface area contributed by atoms with Crippen LogP contribution < -0.4 is 10.1 Å². The number of nitrogens with one attached hydrogen (secondary N) is 1. The van der Waals surface area contributed by atoms with Gasteiger partial charge in [0.25, 0.3) is 5.91 Å². The lowest BCUT2D eigenvalue weighted by Crippen LogP contribution is -2.22. The number of carbonyl (C=O) groups is 1. The van der Waals surface area contributed by atoms with Crippen molar-refractivity contribution in [3.63, 3.8) is 0 Å². The molecule has 1 aliphatic carbocycles. The fraction of sp³-hybridized carbons (Fsp3) is 0.200. The van der Waals surface area contributed by atoms with E-state index in [9.17, 15) is 4.79 Å². The lowest BCUT2D eigenvalue weighted by molar-refractivity contribution is -0.118. The van der Waals surface area contributed by atoms with Crippen LogP contribution in [0.2, 0.25) is 10.0 Å². The van der Waals surface area contributed by atoms with Gasteiger partial charge in [-0.15, -0.1) is 0 Å². The van der Waals surface area contributed by atoms with Crippen molar-refractivity contribution in [2.45, 2.75) is 19.3 Å². The minimum absolute atomic E-state index is 0.157. The highest BCUT2D eigenvalue weighted by Crippen LogP contribution is 2.31. The van der Waals surface area contributed by atoms with Crippen LogP contribution in [0.5, 0.6) is 5.75 Å². The number of fused-ring (bicyclic) bond motifs is 1. The highest BCUT2D eigenvalue weighted by atomic mass is 35.5. The SMILES string of the molecule is O=C(COc1ccc(Cl)cc1Cl)Nc1c2c(nn1-c1ccccc1)CCC2. The molecule has 0 atom stereocenters. The van der Waals surface area contributed by atoms with E-state index < -0.39 is 0 Å². The first kappa shape index (κ1) is 17.9. The lowest BCUT2D eigenvalue weighted by Gasteiger charge is -2.12. The van der Waals surface area contributed by atoms with E-state index in [0.29, 0.717) is 21.6 Å². The van der Waals surface area contributed by atoms with Crippen LogP contribution >= 0.6 is 23.2 Å². The summed E-state index contributed by atoms with van der Waals surface area (Å²) in [4.78, 5) is 12.5. The van der Waals surface area contributed by atoms with Crippen LogP contribution in [0.3, 0.4) is 0 Å². The summed E-state index contributed by atoms with van der Waals surface area (Å²) in [5.41, 5.74) is 3.04. The number of amides is 1. The van der Waals surface area contributed by atoms with Crippen molar-refractivity contribution in [3.05, 3.63) is 69.8 Å². The summed E-state index contributed by atoms with van der Waals surface area (Å²) >= 11 is 12.0. The highest BCUT2D eigenvalue weighted by Gasteiger charge is 2.24. The molecule has 4 rings (SSSR count). The van der Waals surface area contributed by atoms with Gasteiger partial charge in [-0.2, -0.15) is 5.10 Å². The number of hydrogen-bond acceptors (Lipinski definition) is 3. The molecule has 7 heteroatoms. The van der Waals surface area contributed by atoms with Crippen molar-refractivity contribution in [1.82, 2.24) is 9.78 Å². The molecule has 2 aromatic carbocycles. The zero-order chi connectivity index (χ0) is 18.8. The molecule has 0 unspecified atom stereocenters. The summed E-state index contributed by atoms with van der Waals surface area (Å²) in [5, 5.41) is 8.52. The van der Waals surface area contributed by atoms with E-state index in [4.69, 9.17) is 27.9 Å². The van der Waals surface area contributed by atoms with Crippen LogP contribution in [0.15, 0.2) is 48.5 Å². The summed E-state index contributed by atoms with van der Waals surface area (Å²) in [6.45, 7) is -0.157. The first-order chi connectivity index (χ1) is 13.1. The number of ether oxygens (including phenoxy) is 1. The van der Waals surface area contributed by atoms with Gasteiger partial charge in [-0.1, -0.05) is 41.4 Å². The molecular weight excluding hydrogens is 385 g/mol. The van der Waals surface area contributed by atoms with Crippen molar-refractivity contribution >= 4 is 34.9 Å². The minimum atomic E-state index is -0.271. The Balaban J connectivity index is 1.53. The van der Waals surface area contributed by atoms with E-state index in [0.717, 1.165) is 36.2 Å². The quantitative estimate of drug-likeness (QED) is 0.674. The summed E-state index contributed by atoms with van der Waals surface area (Å²) < 4.78 is 7.32. The van der Waals surface area contributed by atoms with Gasteiger partial charge in [-0.25, -0.2) is 4.68 Å². The van der Waals surface area contributed by atoms with Gasteiger partial charge in [0.05, 0.1) is 16.4 Å². The predicted octanol–water partition coefficient (Wildman–Crippen LogP) is 4.69. The number of benzene rings is 2. The maximum Gasteiger partial charge on any atom is 0.263 e. The Hall–Kier alpha value is -2.50. The zero-order valence-corrected chi connectivity index (χ0v) is 15.9. The van der Waals surface area contributed by atoms with Gasteiger partial charge in [-0.3, -0.25) is 4.79 Å². The molecular formula is C20H17Cl2N3O2. The number of aromatic nitrogens is 2. The van der Waals surface area contributed by atoms with E-state index in [1.807, 2.05) is 30.3 Å². The van der Waals surface area contributed by atoms with Crippen LogP contribution in [0.25, 0.3) is 5.69 Å². The Morgan fingerprint density at radius 2 is 1.96 bits per heavy atom. The molecule has 138 valence electrons. The molecule has 5 nitrogen and oxygen atoms in total. The van der Waals surface area contributed by atoms with Gasteiger partial charge in [0.2, 0.25) is 0 Å². The van der Waals surface area contributed by atoms with Gasteiger partial charge in [0, 0.05) is 10.6 Å². The van der Waals surface area contributed by atoms with Crippen LogP contribution in [0.1, 0.15) is 17.7 Å². The normalized spacial score (nSPS) is 12.7. The van der Waals surface area contributed by atoms with E-state index in [2.05, 4.69) is 10.4 Å². The smallest absolute Gasteiger partial charge is 0.263 e. The van der Waals surface area contributed by atoms with Crippen molar-refractivity contribution in [3.8, 4) is 11.4 Å². The van der Waals surface area contributed by atoms with Crippen molar-refractivity contribution in [1.29, 1.82) is 0 Å². The van der Waals surface area contributed by atoms with Gasteiger partial charge < -0.3 is 10.1 Å². The molecule has 0 bridgehead atoms. The highest BCUT2D eigenvalue weighted by molar-refractivity contribution is 6.35. The molecule has 1 heterocycles. The number of carbonyl (C=O) groups excluding carboxylic acids is 1. The Bertz CT molecular complexity index is 986. The van der Waals surface area contributed by atoms with Crippen molar-refractivity contribution < 1.29 is 9.53 Å². The summed E-state index contributed by atoms with van der Waals surface area (Å²) in [7, 11) is 0. The number of halogens is 2. The fourth-order valence-corrected chi connectivity index (χ4v) is 3.64. The Kier molecular flexibility index (Phi) is 5.05. The standard InChI is InChI=1S/C20H17Cl2N3O2/c21-13-9-10-18(16(22)11-13)27-12-19(26)23-20-15-7-4-8-17(15)24-25(20)14-5-2-1-3-6-14/h1-3,5-6,9-11H,4,7-8,12H2,(H,23,26). The van der Waals surface area contributed by atoms with E-state index in [1.165, 1.54) is 0 Å². The molecule has 3 aromatic rings. The molecule has 27 heavy (non-hydrogen) atoms. The van der Waals surface area contributed by atoms with Crippen molar-refractivity contribution in [2.24, 2.45) is 0 Å². The minimum Gasteiger partial charge on any atom is -0.482 e. The van der Waals surface area contributed by atoms with E-state index in [1.54, 1.807) is 22.9 Å². The topological polar surface area (TPSA) is 56.1 Å². The van der Waals surface area contributed by atoms with Crippen LogP contribution in [0, 0.1) is 0 Å². The summed E-state index contributed by atoms with van der Waals surface area (Å²) in [5.74, 6) is 0.857. The van der Waals surface area contributed by atoms with Gasteiger partial charge >= 0.3 is 0 Å². The first-order valence-electron chi connectivity index (χ1n) is 8.66. The predicted molar refractivity (Wildman–Crippen MR) is 106 cm³/mol. The molecule has 0 saturated carbocycles. The molecule has 1 N–H and O–H groups in total. The van der Waals surface area contributed by atoms with Gasteiger partial charge in [0.1, 0.15) is 11.6 Å². The Labute approximate surface area is 166 Å². The fourth-order valence-electron chi connectivity index (χ4n) is 3.18. The summed E-state index contributed by atoms with van der Waals surface area (Å²) in [6.07, 6.45) is 2.88. The third-order valence-electron chi connectivity index (χ3n) is 4.42. The Morgan fingerprint density at radius 3 is 2.74 bits per heavy atom. The van der Waals surface area contributed by atoms with Gasteiger partial charge in [0.15, 0.2) is 6.61 Å². The van der Waals surface area contributed by atoms with E-state index >= 15 is 0 Å². The average Bonchev–Trinajstić information content (AvgIpc) is 3.24. The molecule has 0 fully saturated rings. The van der Waals surface area contributed by atoms with Crippen LogP contribution in [0.4, 0.5) is 5.82 Å². The molecule has 0 saturated heterocycles. The molecule has 0 spiro atoms. The molecule has 1 aromatic heterocycles. The average molecular weight is 402 g/mol. The lowest BCUT2D eigenvalue weighted by atomic mass is 10.2. The van der Waals surface area contributed by atoms with Crippen molar-refractivity contribution in [2.75, 3.05) is 11.9 Å². The second kappa shape index (κ2) is 7.62. The number of anilines is 1. The molecule has 0 aliphatic heterocycles. The number of nitrogens with zero attached hydrogens (tertiary/aromatic N) is 2. The van der Waals surface area contributed by atoms with Crippen LogP contribution in [-0.2, 0) is 17.6 Å². The van der Waals surface area contributed by atoms with Gasteiger partial charge in [-0.05, 0) is 49.6 Å². The number of aryl methyl sites for hydroxylation is 1. The number of para-hydroxylation sites is 1. The summed E-state index contributed by atoms with van der Waals surface area (Å²) in [6, 6.07) is 14.6.